The molecule has 0 radical (unpaired) electrons. The van der Waals surface area contributed by atoms with Crippen LogP contribution in [-0.4, -0.2) is 24.5 Å². The number of halogens is 2. The third-order valence-corrected chi connectivity index (χ3v) is 6.09. The molecule has 0 aliphatic heterocycles. The summed E-state index contributed by atoms with van der Waals surface area (Å²) in [5, 5.41) is 7.29. The highest BCUT2D eigenvalue weighted by Crippen LogP contribution is 2.33. The van der Waals surface area contributed by atoms with Gasteiger partial charge in [0.1, 0.15) is 16.4 Å². The topological polar surface area (TPSA) is 84.0 Å². The van der Waals surface area contributed by atoms with Crippen LogP contribution < -0.4 is 5.73 Å². The number of sulfone groups is 1. The Kier molecular flexibility index (Phi) is 4.53. The minimum absolute atomic E-state index is 0.0251. The van der Waals surface area contributed by atoms with Gasteiger partial charge in [0, 0.05) is 5.92 Å². The zero-order valence-corrected chi connectivity index (χ0v) is 12.3. The molecule has 0 spiro atoms. The van der Waals surface area contributed by atoms with Gasteiger partial charge in [-0.1, -0.05) is 25.1 Å². The smallest absolute Gasteiger partial charge is 0.208 e. The van der Waals surface area contributed by atoms with Crippen LogP contribution in [0.2, 0.25) is 0 Å². The molecule has 0 saturated heterocycles. The van der Waals surface area contributed by atoms with Crippen LogP contribution in [-0.2, 0) is 9.84 Å². The lowest BCUT2D eigenvalue weighted by Crippen LogP contribution is -2.49. The van der Waals surface area contributed by atoms with Gasteiger partial charge in [0.25, 0.3) is 0 Å². The molecule has 2 atom stereocenters. The number of benzene rings is 1. The Hall–Kier alpha value is -1.50. The predicted molar refractivity (Wildman–Crippen MR) is 74.6 cm³/mol. The van der Waals surface area contributed by atoms with Gasteiger partial charge in [-0.25, -0.2) is 17.2 Å². The molecule has 1 rings (SSSR count). The molecule has 0 fully saturated rings. The van der Waals surface area contributed by atoms with Crippen LogP contribution >= 0.6 is 0 Å². The van der Waals surface area contributed by atoms with E-state index in [4.69, 9.17) is 11.1 Å². The average molecular weight is 304 g/mol. The first-order valence-corrected chi connectivity index (χ1v) is 7.54. The maximum Gasteiger partial charge on any atom is 0.208 e. The van der Waals surface area contributed by atoms with Crippen molar-refractivity contribution >= 4 is 15.7 Å². The van der Waals surface area contributed by atoms with E-state index in [1.165, 1.54) is 25.1 Å². The standard InChI is InChI=1S/C13H18F2N2O2S/c1-8(9-6-4-5-7-10(9)14)11(15)20(18,19)13(2,3)12(16)17/h4-8,11H,1-3H3,(H3,16,17)/t8-,11-/m0/s1. The first-order valence-electron chi connectivity index (χ1n) is 6.00. The van der Waals surface area contributed by atoms with Gasteiger partial charge in [-0.3, -0.25) is 5.41 Å². The van der Waals surface area contributed by atoms with E-state index in [-0.39, 0.29) is 5.56 Å². The van der Waals surface area contributed by atoms with E-state index in [1.54, 1.807) is 0 Å². The van der Waals surface area contributed by atoms with E-state index in [0.717, 1.165) is 19.9 Å². The summed E-state index contributed by atoms with van der Waals surface area (Å²) >= 11 is 0. The first kappa shape index (κ1) is 16.6. The molecule has 3 N–H and O–H groups in total. The molecule has 0 saturated carbocycles. The van der Waals surface area contributed by atoms with Crippen molar-refractivity contribution < 1.29 is 17.2 Å². The fraction of sp³-hybridized carbons (Fsp3) is 0.462. The molecule has 1 aromatic rings. The van der Waals surface area contributed by atoms with E-state index in [9.17, 15) is 17.2 Å². The highest BCUT2D eigenvalue weighted by molar-refractivity contribution is 7.94. The highest BCUT2D eigenvalue weighted by Gasteiger charge is 2.46. The van der Waals surface area contributed by atoms with E-state index < -0.39 is 37.7 Å². The van der Waals surface area contributed by atoms with Crippen molar-refractivity contribution in [2.45, 2.75) is 36.9 Å². The van der Waals surface area contributed by atoms with E-state index in [2.05, 4.69) is 0 Å². The van der Waals surface area contributed by atoms with E-state index in [0.29, 0.717) is 0 Å². The second-order valence-corrected chi connectivity index (χ2v) is 7.69. The summed E-state index contributed by atoms with van der Waals surface area (Å²) in [6, 6.07) is 5.42. The molecule has 0 unspecified atom stereocenters. The Balaban J connectivity index is 3.22. The van der Waals surface area contributed by atoms with Crippen LogP contribution in [0, 0.1) is 11.2 Å². The lowest BCUT2D eigenvalue weighted by molar-refractivity contribution is 0.365. The average Bonchev–Trinajstić information content (AvgIpc) is 2.37. The Morgan fingerprint density at radius 3 is 2.30 bits per heavy atom. The number of hydrogen-bond acceptors (Lipinski definition) is 3. The quantitative estimate of drug-likeness (QED) is 0.647. The lowest BCUT2D eigenvalue weighted by atomic mass is 10.0. The molecule has 0 heterocycles. The molecule has 4 nitrogen and oxygen atoms in total. The highest BCUT2D eigenvalue weighted by atomic mass is 32.2. The molecule has 20 heavy (non-hydrogen) atoms. The van der Waals surface area contributed by atoms with Crippen LogP contribution in [0.3, 0.4) is 0 Å². The normalized spacial score (nSPS) is 15.7. The van der Waals surface area contributed by atoms with Gasteiger partial charge < -0.3 is 5.73 Å². The molecule has 112 valence electrons. The second kappa shape index (κ2) is 5.47. The second-order valence-electron chi connectivity index (χ2n) is 5.13. The number of amidine groups is 1. The first-order chi connectivity index (χ1) is 9.03. The van der Waals surface area contributed by atoms with E-state index >= 15 is 0 Å². The summed E-state index contributed by atoms with van der Waals surface area (Å²) in [5.74, 6) is -2.51. The predicted octanol–water partition coefficient (Wildman–Crippen LogP) is 2.35. The van der Waals surface area contributed by atoms with Gasteiger partial charge in [-0.05, 0) is 25.5 Å². The molecule has 1 aromatic carbocycles. The van der Waals surface area contributed by atoms with Crippen molar-refractivity contribution in [2.75, 3.05) is 0 Å². The Morgan fingerprint density at radius 1 is 1.35 bits per heavy atom. The zero-order chi connectivity index (χ0) is 15.7. The van der Waals surface area contributed by atoms with Gasteiger partial charge in [-0.2, -0.15) is 0 Å². The van der Waals surface area contributed by atoms with Gasteiger partial charge in [0.2, 0.25) is 5.50 Å². The summed E-state index contributed by atoms with van der Waals surface area (Å²) in [6.07, 6.45) is 0. The lowest BCUT2D eigenvalue weighted by Gasteiger charge is -2.28. The maximum absolute atomic E-state index is 14.4. The fourth-order valence-electron chi connectivity index (χ4n) is 1.69. The summed E-state index contributed by atoms with van der Waals surface area (Å²) in [5.41, 5.74) is 2.85. The Bertz CT molecular complexity index is 615. The molecule has 0 bridgehead atoms. The van der Waals surface area contributed by atoms with Crippen LogP contribution in [0.1, 0.15) is 32.3 Å². The largest absolute Gasteiger partial charge is 0.386 e. The summed E-state index contributed by atoms with van der Waals surface area (Å²) in [4.78, 5) is 0. The number of alkyl halides is 1. The minimum atomic E-state index is -4.38. The summed E-state index contributed by atoms with van der Waals surface area (Å²) in [6.45, 7) is 3.60. The van der Waals surface area contributed by atoms with Crippen LogP contribution in [0.15, 0.2) is 24.3 Å². The molecule has 0 aliphatic carbocycles. The number of nitrogens with two attached hydrogens (primary N) is 1. The fourth-order valence-corrected chi connectivity index (χ4v) is 3.24. The van der Waals surface area contributed by atoms with E-state index in [1.807, 2.05) is 0 Å². The molecular formula is C13H18F2N2O2S. The molecule has 0 aromatic heterocycles. The monoisotopic (exact) mass is 304 g/mol. The van der Waals surface area contributed by atoms with Crippen LogP contribution in [0.5, 0.6) is 0 Å². The molecular weight excluding hydrogens is 286 g/mol. The van der Waals surface area contributed by atoms with Crippen molar-refractivity contribution in [3.05, 3.63) is 35.6 Å². The van der Waals surface area contributed by atoms with Crippen molar-refractivity contribution in [3.63, 3.8) is 0 Å². The summed E-state index contributed by atoms with van der Waals surface area (Å²) < 4.78 is 50.6. The Labute approximate surface area is 117 Å². The maximum atomic E-state index is 14.4. The number of nitrogens with one attached hydrogen (secondary N) is 1. The third kappa shape index (κ3) is 2.67. The van der Waals surface area contributed by atoms with Crippen molar-refractivity contribution in [1.29, 1.82) is 5.41 Å². The van der Waals surface area contributed by atoms with Crippen molar-refractivity contribution in [2.24, 2.45) is 5.73 Å². The molecule has 0 aliphatic rings. The number of hydrogen-bond donors (Lipinski definition) is 2. The SMILES string of the molecule is C[C@@H](c1ccccc1F)[C@@H](F)S(=O)(=O)C(C)(C)C(=N)N. The minimum Gasteiger partial charge on any atom is -0.386 e. The molecule has 7 heteroatoms. The number of rotatable bonds is 5. The summed E-state index contributed by atoms with van der Waals surface area (Å²) in [7, 11) is -4.38. The van der Waals surface area contributed by atoms with Crippen molar-refractivity contribution in [3.8, 4) is 0 Å². The van der Waals surface area contributed by atoms with Gasteiger partial charge in [-0.15, -0.1) is 0 Å². The molecule has 0 amide bonds. The third-order valence-electron chi connectivity index (χ3n) is 3.45. The zero-order valence-electron chi connectivity index (χ0n) is 11.5. The Morgan fingerprint density at radius 2 is 1.85 bits per heavy atom. The van der Waals surface area contributed by atoms with Crippen LogP contribution in [0.25, 0.3) is 0 Å². The van der Waals surface area contributed by atoms with Gasteiger partial charge >= 0.3 is 0 Å². The van der Waals surface area contributed by atoms with Gasteiger partial charge in [0.15, 0.2) is 9.84 Å². The van der Waals surface area contributed by atoms with Gasteiger partial charge in [0.05, 0.1) is 0 Å². The van der Waals surface area contributed by atoms with Crippen LogP contribution in [0.4, 0.5) is 8.78 Å². The van der Waals surface area contributed by atoms with Crippen molar-refractivity contribution in [1.82, 2.24) is 0 Å².